The molecule has 4 rings (SSSR count). The average Bonchev–Trinajstić information content (AvgIpc) is 3.63. The van der Waals surface area contributed by atoms with Crippen molar-refractivity contribution in [2.75, 3.05) is 5.32 Å². The van der Waals surface area contributed by atoms with E-state index < -0.39 is 18.0 Å². The van der Waals surface area contributed by atoms with Crippen LogP contribution in [0, 0.1) is 0 Å². The number of para-hydroxylation sites is 2. The Kier molecular flexibility index (Phi) is 6.35. The van der Waals surface area contributed by atoms with E-state index in [1.165, 1.54) is 13.8 Å². The highest BCUT2D eigenvalue weighted by molar-refractivity contribution is 6.04. The van der Waals surface area contributed by atoms with Crippen LogP contribution in [0.4, 0.5) is 5.69 Å². The second-order valence-electron chi connectivity index (χ2n) is 8.17. The monoisotopic (exact) mass is 447 g/mol. The van der Waals surface area contributed by atoms with Crippen LogP contribution in [0.5, 0.6) is 0 Å². The van der Waals surface area contributed by atoms with Gasteiger partial charge in [-0.25, -0.2) is 4.98 Å². The second kappa shape index (κ2) is 9.36. The minimum absolute atomic E-state index is 0.0147. The predicted molar refractivity (Wildman–Crippen MR) is 123 cm³/mol. The van der Waals surface area contributed by atoms with Gasteiger partial charge in [0.15, 0.2) is 11.9 Å². The quantitative estimate of drug-likeness (QED) is 0.419. The third-order valence-electron chi connectivity index (χ3n) is 5.59. The number of hydrogen-bond donors (Lipinski definition) is 1. The highest BCUT2D eigenvalue weighted by Gasteiger charge is 2.28. The van der Waals surface area contributed by atoms with Gasteiger partial charge >= 0.3 is 5.97 Å². The van der Waals surface area contributed by atoms with E-state index in [4.69, 9.17) is 4.74 Å². The van der Waals surface area contributed by atoms with Gasteiger partial charge < -0.3 is 10.1 Å². The summed E-state index contributed by atoms with van der Waals surface area (Å²) < 4.78 is 6.97. The Bertz CT molecular complexity index is 1290. The van der Waals surface area contributed by atoms with Gasteiger partial charge in [0, 0.05) is 18.0 Å². The van der Waals surface area contributed by atoms with Gasteiger partial charge in [0.05, 0.1) is 23.0 Å². The highest BCUT2D eigenvalue weighted by Crippen LogP contribution is 2.35. The van der Waals surface area contributed by atoms with Crippen molar-refractivity contribution < 1.29 is 19.1 Å². The number of benzene rings is 2. The number of carbonyl (C=O) groups is 3. The molecular formula is C25H25N3O5. The fourth-order valence-corrected chi connectivity index (χ4v) is 3.73. The normalized spacial score (nSPS) is 14.0. The zero-order valence-electron chi connectivity index (χ0n) is 18.5. The van der Waals surface area contributed by atoms with E-state index in [0.29, 0.717) is 28.0 Å². The summed E-state index contributed by atoms with van der Waals surface area (Å²) in [6, 6.07) is 13.9. The summed E-state index contributed by atoms with van der Waals surface area (Å²) in [6.45, 7) is 2.88. The van der Waals surface area contributed by atoms with E-state index in [0.717, 1.165) is 12.8 Å². The molecule has 0 radical (unpaired) electrons. The summed E-state index contributed by atoms with van der Waals surface area (Å²) in [7, 11) is 0. The summed E-state index contributed by atoms with van der Waals surface area (Å²) in [5.41, 5.74) is 1.25. The number of nitrogens with zero attached hydrogens (tertiary/aromatic N) is 2. The van der Waals surface area contributed by atoms with Crippen molar-refractivity contribution in [2.24, 2.45) is 0 Å². The van der Waals surface area contributed by atoms with Crippen molar-refractivity contribution >= 4 is 34.3 Å². The number of hydrogen-bond acceptors (Lipinski definition) is 6. The molecule has 1 saturated carbocycles. The van der Waals surface area contributed by atoms with Crippen molar-refractivity contribution in [1.82, 2.24) is 9.55 Å². The van der Waals surface area contributed by atoms with Gasteiger partial charge in [0.2, 0.25) is 0 Å². The molecule has 1 N–H and O–H groups in total. The number of carbonyl (C=O) groups excluding carboxylic acids is 3. The first-order chi connectivity index (χ1) is 15.8. The Morgan fingerprint density at radius 3 is 2.55 bits per heavy atom. The summed E-state index contributed by atoms with van der Waals surface area (Å²) in [5, 5.41) is 3.20. The first-order valence-corrected chi connectivity index (χ1v) is 11.0. The van der Waals surface area contributed by atoms with Gasteiger partial charge in [-0.15, -0.1) is 0 Å². The standard InChI is InChI=1S/C25H25N3O5/c1-15(29)18-7-3-5-9-20(18)27-24(31)16(2)33-23(30)14-13-22-26-21-10-6-4-8-19(21)25(32)28(22)17-11-12-17/h3-10,16-17H,11-14H2,1-2H3,(H,27,31). The molecule has 1 unspecified atom stereocenters. The molecule has 33 heavy (non-hydrogen) atoms. The molecule has 3 aromatic rings. The van der Waals surface area contributed by atoms with Crippen LogP contribution in [0.2, 0.25) is 0 Å². The molecular weight excluding hydrogens is 422 g/mol. The second-order valence-corrected chi connectivity index (χ2v) is 8.17. The summed E-state index contributed by atoms with van der Waals surface area (Å²) in [5.74, 6) is -0.733. The van der Waals surface area contributed by atoms with Gasteiger partial charge in [0.25, 0.3) is 11.5 Å². The van der Waals surface area contributed by atoms with Crippen LogP contribution < -0.4 is 10.9 Å². The number of ketones is 1. The van der Waals surface area contributed by atoms with Crippen molar-refractivity contribution in [3.63, 3.8) is 0 Å². The molecule has 1 atom stereocenters. The molecule has 1 amide bonds. The maximum atomic E-state index is 12.9. The maximum Gasteiger partial charge on any atom is 0.307 e. The Morgan fingerprint density at radius 1 is 1.12 bits per heavy atom. The fraction of sp³-hybridized carbons (Fsp3) is 0.320. The summed E-state index contributed by atoms with van der Waals surface area (Å²) >= 11 is 0. The van der Waals surface area contributed by atoms with Crippen LogP contribution in [0.3, 0.4) is 0 Å². The lowest BCUT2D eigenvalue weighted by atomic mass is 10.1. The number of anilines is 1. The van der Waals surface area contributed by atoms with Gasteiger partial charge in [-0.05, 0) is 51.0 Å². The number of fused-ring (bicyclic) bond motifs is 1. The maximum absolute atomic E-state index is 12.9. The van der Waals surface area contributed by atoms with Crippen LogP contribution in [-0.2, 0) is 20.7 Å². The highest BCUT2D eigenvalue weighted by atomic mass is 16.5. The van der Waals surface area contributed by atoms with Gasteiger partial charge in [0.1, 0.15) is 5.82 Å². The molecule has 8 nitrogen and oxygen atoms in total. The van der Waals surface area contributed by atoms with Gasteiger partial charge in [-0.1, -0.05) is 24.3 Å². The Hall–Kier alpha value is -3.81. The van der Waals surface area contributed by atoms with Crippen LogP contribution >= 0.6 is 0 Å². The third kappa shape index (κ3) is 5.00. The van der Waals surface area contributed by atoms with Crippen molar-refractivity contribution in [1.29, 1.82) is 0 Å². The molecule has 0 bridgehead atoms. The van der Waals surface area contributed by atoms with E-state index in [9.17, 15) is 19.2 Å². The van der Waals surface area contributed by atoms with E-state index in [2.05, 4.69) is 10.3 Å². The van der Waals surface area contributed by atoms with Gasteiger partial charge in [-0.2, -0.15) is 0 Å². The van der Waals surface area contributed by atoms with E-state index in [1.54, 1.807) is 47.0 Å². The smallest absolute Gasteiger partial charge is 0.307 e. The van der Waals surface area contributed by atoms with E-state index in [-0.39, 0.29) is 30.2 Å². The number of aryl methyl sites for hydroxylation is 1. The molecule has 1 aliphatic rings. The van der Waals surface area contributed by atoms with Crippen LogP contribution in [0.15, 0.2) is 53.3 Å². The third-order valence-corrected chi connectivity index (χ3v) is 5.59. The fourth-order valence-electron chi connectivity index (χ4n) is 3.73. The van der Waals surface area contributed by atoms with Crippen molar-refractivity contribution in [3.8, 4) is 0 Å². The topological polar surface area (TPSA) is 107 Å². The largest absolute Gasteiger partial charge is 0.453 e. The van der Waals surface area contributed by atoms with Crippen LogP contribution in [-0.4, -0.2) is 33.3 Å². The number of aromatic nitrogens is 2. The molecule has 170 valence electrons. The molecule has 0 saturated heterocycles. The number of rotatable bonds is 8. The Labute approximate surface area is 190 Å². The van der Waals surface area contributed by atoms with Crippen LogP contribution in [0.1, 0.15) is 55.3 Å². The molecule has 2 aromatic carbocycles. The lowest BCUT2D eigenvalue weighted by molar-refractivity contribution is -0.153. The zero-order valence-corrected chi connectivity index (χ0v) is 18.5. The molecule has 8 heteroatoms. The summed E-state index contributed by atoms with van der Waals surface area (Å²) in [4.78, 5) is 54.2. The molecule has 0 spiro atoms. The lowest BCUT2D eigenvalue weighted by Gasteiger charge is -2.16. The molecule has 0 aliphatic heterocycles. The molecule has 1 fully saturated rings. The SMILES string of the molecule is CC(=O)c1ccccc1NC(=O)C(C)OC(=O)CCc1nc2ccccc2c(=O)n1C1CC1. The van der Waals surface area contributed by atoms with Crippen molar-refractivity contribution in [2.45, 2.75) is 51.7 Å². The first-order valence-electron chi connectivity index (χ1n) is 11.0. The number of ether oxygens (including phenoxy) is 1. The first kappa shape index (κ1) is 22.4. The summed E-state index contributed by atoms with van der Waals surface area (Å²) in [6.07, 6.45) is 0.996. The minimum atomic E-state index is -1.05. The van der Waals surface area contributed by atoms with Crippen molar-refractivity contribution in [3.05, 3.63) is 70.3 Å². The Morgan fingerprint density at radius 2 is 1.82 bits per heavy atom. The molecule has 1 heterocycles. The Balaban J connectivity index is 1.41. The van der Waals surface area contributed by atoms with Crippen LogP contribution in [0.25, 0.3) is 10.9 Å². The predicted octanol–water partition coefficient (Wildman–Crippen LogP) is 3.44. The van der Waals surface area contributed by atoms with E-state index in [1.807, 2.05) is 6.07 Å². The lowest BCUT2D eigenvalue weighted by Crippen LogP contribution is -2.31. The minimum Gasteiger partial charge on any atom is -0.453 e. The zero-order chi connectivity index (χ0) is 23.5. The average molecular weight is 447 g/mol. The molecule has 1 aromatic heterocycles. The van der Waals surface area contributed by atoms with E-state index >= 15 is 0 Å². The number of Topliss-reactive ketones (excluding diaryl/α,β-unsaturated/α-hetero) is 1. The number of esters is 1. The molecule has 1 aliphatic carbocycles. The number of amides is 1. The number of nitrogens with one attached hydrogen (secondary N) is 1. The van der Waals surface area contributed by atoms with Gasteiger partial charge in [-0.3, -0.25) is 23.7 Å².